The van der Waals surface area contributed by atoms with Gasteiger partial charge in [0.1, 0.15) is 17.3 Å². The first-order valence-electron chi connectivity index (χ1n) is 9.89. The lowest BCUT2D eigenvalue weighted by atomic mass is 10.1. The number of hydrogen-bond donors (Lipinski definition) is 2. The summed E-state index contributed by atoms with van der Waals surface area (Å²) < 4.78 is 73.1. The van der Waals surface area contributed by atoms with Crippen molar-refractivity contribution in [2.24, 2.45) is 7.05 Å². The number of rotatable bonds is 4. The van der Waals surface area contributed by atoms with E-state index in [0.29, 0.717) is 6.54 Å². The van der Waals surface area contributed by atoms with Gasteiger partial charge in [-0.3, -0.25) is 4.90 Å². The maximum absolute atomic E-state index is 10.6. The molecule has 198 valence electrons. The summed E-state index contributed by atoms with van der Waals surface area (Å²) in [4.78, 5) is 28.7. The van der Waals surface area contributed by atoms with Crippen LogP contribution in [0.15, 0.2) is 35.6 Å². The Bertz CT molecular complexity index is 1110. The van der Waals surface area contributed by atoms with Crippen molar-refractivity contribution >= 4 is 11.9 Å². The number of aromatic nitrogens is 5. The highest BCUT2D eigenvalue weighted by Crippen LogP contribution is 2.24. The number of carbonyl (C=O) groups is 2. The van der Waals surface area contributed by atoms with Gasteiger partial charge in [0, 0.05) is 56.9 Å². The van der Waals surface area contributed by atoms with Gasteiger partial charge in [-0.2, -0.15) is 26.3 Å². The minimum absolute atomic E-state index is 0.703. The first-order valence-corrected chi connectivity index (χ1v) is 9.89. The highest BCUT2D eigenvalue weighted by molar-refractivity contribution is 5.73. The molecule has 17 heteroatoms. The van der Waals surface area contributed by atoms with Crippen molar-refractivity contribution in [2.45, 2.75) is 38.4 Å². The zero-order valence-electron chi connectivity index (χ0n) is 18.5. The SMILES string of the molecule is Cn1ccnc1CN1CCc2onc(Cn3ccnc3)c2C1.O=C(O)C(F)(F)F.O=C(O)C(F)(F)F. The van der Waals surface area contributed by atoms with E-state index >= 15 is 0 Å². The summed E-state index contributed by atoms with van der Waals surface area (Å²) in [7, 11) is 2.03. The molecule has 0 aliphatic carbocycles. The molecule has 0 fully saturated rings. The second-order valence-corrected chi connectivity index (χ2v) is 7.29. The van der Waals surface area contributed by atoms with Crippen molar-refractivity contribution in [1.82, 2.24) is 29.2 Å². The van der Waals surface area contributed by atoms with Crippen LogP contribution >= 0.6 is 0 Å². The summed E-state index contributed by atoms with van der Waals surface area (Å²) in [6.07, 6.45) is 0.0743. The lowest BCUT2D eigenvalue weighted by Gasteiger charge is -2.25. The van der Waals surface area contributed by atoms with Crippen molar-refractivity contribution in [3.05, 3.63) is 54.0 Å². The molecule has 2 N–H and O–H groups in total. The Morgan fingerprint density at radius 3 is 2.11 bits per heavy atom. The van der Waals surface area contributed by atoms with E-state index in [1.165, 1.54) is 5.56 Å². The topological polar surface area (TPSA) is 140 Å². The van der Waals surface area contributed by atoms with Crippen LogP contribution in [-0.2, 0) is 42.7 Å². The van der Waals surface area contributed by atoms with Crippen molar-refractivity contribution < 1.29 is 50.7 Å². The van der Waals surface area contributed by atoms with Gasteiger partial charge >= 0.3 is 24.3 Å². The Labute approximate surface area is 198 Å². The zero-order chi connectivity index (χ0) is 27.1. The van der Waals surface area contributed by atoms with Gasteiger partial charge in [0.25, 0.3) is 0 Å². The number of nitrogens with zero attached hydrogens (tertiary/aromatic N) is 6. The number of carboxylic acids is 2. The smallest absolute Gasteiger partial charge is 0.475 e. The Balaban J connectivity index is 0.000000271. The molecule has 3 aromatic heterocycles. The number of alkyl halides is 6. The molecular formula is C19H20F6N6O5. The van der Waals surface area contributed by atoms with Crippen LogP contribution in [-0.4, -0.2) is 70.2 Å². The molecule has 0 saturated carbocycles. The molecule has 4 heterocycles. The zero-order valence-corrected chi connectivity index (χ0v) is 18.5. The lowest BCUT2D eigenvalue weighted by molar-refractivity contribution is -0.193. The highest BCUT2D eigenvalue weighted by atomic mass is 19.4. The third kappa shape index (κ3) is 8.40. The van der Waals surface area contributed by atoms with Gasteiger partial charge in [-0.05, 0) is 0 Å². The van der Waals surface area contributed by atoms with Crippen LogP contribution in [0.4, 0.5) is 26.3 Å². The van der Waals surface area contributed by atoms with E-state index in [1.54, 1.807) is 12.5 Å². The standard InChI is InChI=1S/C15H18N6O.2C2HF3O2/c1-19-6-4-17-15(19)10-20-5-2-14-12(8-20)13(18-22-14)9-21-7-3-16-11-21;2*3-2(4,5)1(6)7/h3-4,6-7,11H,2,5,8-10H2,1H3;2*(H,6,7). The molecule has 0 saturated heterocycles. The number of halogens is 6. The maximum Gasteiger partial charge on any atom is 0.490 e. The number of aliphatic carboxylic acids is 2. The van der Waals surface area contributed by atoms with E-state index in [1.807, 2.05) is 30.2 Å². The van der Waals surface area contributed by atoms with Gasteiger partial charge in [-0.1, -0.05) is 5.16 Å². The van der Waals surface area contributed by atoms with Crippen molar-refractivity contribution in [2.75, 3.05) is 6.54 Å². The van der Waals surface area contributed by atoms with Crippen LogP contribution in [0.5, 0.6) is 0 Å². The van der Waals surface area contributed by atoms with Gasteiger partial charge in [0.05, 0.1) is 19.4 Å². The Morgan fingerprint density at radius 2 is 1.64 bits per heavy atom. The summed E-state index contributed by atoms with van der Waals surface area (Å²) in [6.45, 7) is 3.38. The van der Waals surface area contributed by atoms with Crippen LogP contribution in [0.2, 0.25) is 0 Å². The van der Waals surface area contributed by atoms with E-state index in [9.17, 15) is 26.3 Å². The normalized spacial score (nSPS) is 13.6. The molecular weight excluding hydrogens is 506 g/mol. The second-order valence-electron chi connectivity index (χ2n) is 7.29. The van der Waals surface area contributed by atoms with Crippen molar-refractivity contribution in [3.63, 3.8) is 0 Å². The first-order chi connectivity index (χ1) is 16.7. The Kier molecular flexibility index (Phi) is 9.21. The summed E-state index contributed by atoms with van der Waals surface area (Å²) in [5.74, 6) is -3.41. The van der Waals surface area contributed by atoms with Crippen molar-refractivity contribution in [1.29, 1.82) is 0 Å². The first kappa shape index (κ1) is 28.3. The molecule has 1 aliphatic heterocycles. The quantitative estimate of drug-likeness (QED) is 0.491. The number of hydrogen-bond acceptors (Lipinski definition) is 7. The van der Waals surface area contributed by atoms with E-state index in [4.69, 9.17) is 24.3 Å². The highest BCUT2D eigenvalue weighted by Gasteiger charge is 2.38. The van der Waals surface area contributed by atoms with Gasteiger partial charge in [-0.25, -0.2) is 19.6 Å². The Hall–Kier alpha value is -3.89. The summed E-state index contributed by atoms with van der Waals surface area (Å²) in [5, 5.41) is 18.5. The molecule has 0 amide bonds. The molecule has 36 heavy (non-hydrogen) atoms. The van der Waals surface area contributed by atoms with Crippen LogP contribution in [0.1, 0.15) is 22.8 Å². The molecule has 0 spiro atoms. The van der Waals surface area contributed by atoms with E-state index < -0.39 is 24.3 Å². The predicted molar refractivity (Wildman–Crippen MR) is 106 cm³/mol. The monoisotopic (exact) mass is 526 g/mol. The second kappa shape index (κ2) is 11.7. The molecule has 0 radical (unpaired) electrons. The maximum atomic E-state index is 10.6. The molecule has 0 aromatic carbocycles. The van der Waals surface area contributed by atoms with E-state index in [2.05, 4.69) is 24.6 Å². The average Bonchev–Trinajstić information content (AvgIpc) is 3.51. The predicted octanol–water partition coefficient (Wildman–Crippen LogP) is 2.48. The van der Waals surface area contributed by atoms with Gasteiger partial charge in [-0.15, -0.1) is 0 Å². The minimum atomic E-state index is -5.08. The lowest BCUT2D eigenvalue weighted by Crippen LogP contribution is -2.31. The van der Waals surface area contributed by atoms with Crippen LogP contribution in [0, 0.1) is 0 Å². The molecule has 0 unspecified atom stereocenters. The molecule has 4 rings (SSSR count). The van der Waals surface area contributed by atoms with Gasteiger partial charge in [0.15, 0.2) is 0 Å². The third-order valence-corrected chi connectivity index (χ3v) is 4.65. The van der Waals surface area contributed by atoms with E-state index in [0.717, 1.165) is 43.3 Å². The number of fused-ring (bicyclic) bond motifs is 1. The largest absolute Gasteiger partial charge is 0.490 e. The Morgan fingerprint density at radius 1 is 1.03 bits per heavy atom. The molecule has 3 aromatic rings. The van der Waals surface area contributed by atoms with E-state index in [-0.39, 0.29) is 0 Å². The molecule has 1 aliphatic rings. The average molecular weight is 526 g/mol. The molecule has 11 nitrogen and oxygen atoms in total. The number of carboxylic acid groups (broad SMARTS) is 2. The summed E-state index contributed by atoms with van der Waals surface area (Å²) in [6, 6.07) is 0. The van der Waals surface area contributed by atoms with Crippen molar-refractivity contribution in [3.8, 4) is 0 Å². The summed E-state index contributed by atoms with van der Waals surface area (Å²) in [5.41, 5.74) is 2.21. The van der Waals surface area contributed by atoms with Crippen LogP contribution in [0.25, 0.3) is 0 Å². The molecule has 0 bridgehead atoms. The fraction of sp³-hybridized carbons (Fsp3) is 0.421. The van der Waals surface area contributed by atoms with Gasteiger partial charge < -0.3 is 23.9 Å². The van der Waals surface area contributed by atoms with Crippen LogP contribution in [0.3, 0.4) is 0 Å². The molecule has 0 atom stereocenters. The fourth-order valence-electron chi connectivity index (χ4n) is 2.88. The van der Waals surface area contributed by atoms with Crippen LogP contribution < -0.4 is 0 Å². The number of imidazole rings is 2. The third-order valence-electron chi connectivity index (χ3n) is 4.65. The van der Waals surface area contributed by atoms with Gasteiger partial charge in [0.2, 0.25) is 0 Å². The number of aryl methyl sites for hydroxylation is 1. The summed E-state index contributed by atoms with van der Waals surface area (Å²) >= 11 is 0. The fourth-order valence-corrected chi connectivity index (χ4v) is 2.88. The minimum Gasteiger partial charge on any atom is -0.475 e.